The van der Waals surface area contributed by atoms with Crippen LogP contribution in [0.15, 0.2) is 18.2 Å². The molecule has 1 fully saturated rings. The van der Waals surface area contributed by atoms with E-state index in [0.29, 0.717) is 5.69 Å². The summed E-state index contributed by atoms with van der Waals surface area (Å²) in [4.78, 5) is 0. The number of halogens is 1. The van der Waals surface area contributed by atoms with E-state index in [1.807, 2.05) is 19.9 Å². The Kier molecular flexibility index (Phi) is 2.91. The molecule has 0 bridgehead atoms. The number of nitrogens with one attached hydrogen (secondary N) is 1. The van der Waals surface area contributed by atoms with Crippen LogP contribution in [-0.4, -0.2) is 18.8 Å². The zero-order chi connectivity index (χ0) is 10.8. The molecule has 1 aliphatic heterocycles. The van der Waals surface area contributed by atoms with Gasteiger partial charge in [-0.2, -0.15) is 0 Å². The molecule has 0 aromatic heterocycles. The molecule has 0 saturated carbocycles. The van der Waals surface area contributed by atoms with Gasteiger partial charge >= 0.3 is 0 Å². The second-order valence-corrected chi connectivity index (χ2v) is 4.10. The SMILES string of the molecule is Cc1ccc(N[C@@H]2CCO[C@@H]2C)c(F)c1. The average Bonchev–Trinajstić information content (AvgIpc) is 2.57. The Labute approximate surface area is 89.4 Å². The third kappa shape index (κ3) is 2.29. The van der Waals surface area contributed by atoms with Crippen LogP contribution >= 0.6 is 0 Å². The first-order chi connectivity index (χ1) is 7.16. The fourth-order valence-corrected chi connectivity index (χ4v) is 1.86. The van der Waals surface area contributed by atoms with Crippen molar-refractivity contribution < 1.29 is 9.13 Å². The Morgan fingerprint density at radius 2 is 2.27 bits per heavy atom. The molecule has 0 spiro atoms. The Hall–Kier alpha value is -1.09. The van der Waals surface area contributed by atoms with Crippen molar-refractivity contribution in [2.75, 3.05) is 11.9 Å². The van der Waals surface area contributed by atoms with Crippen LogP contribution in [0.25, 0.3) is 0 Å². The van der Waals surface area contributed by atoms with E-state index in [2.05, 4.69) is 5.32 Å². The lowest BCUT2D eigenvalue weighted by Crippen LogP contribution is -2.27. The lowest BCUT2D eigenvalue weighted by atomic mass is 10.1. The predicted molar refractivity (Wildman–Crippen MR) is 58.6 cm³/mol. The van der Waals surface area contributed by atoms with Gasteiger partial charge in [-0.05, 0) is 38.0 Å². The molecule has 2 rings (SSSR count). The normalized spacial score (nSPS) is 25.5. The summed E-state index contributed by atoms with van der Waals surface area (Å²) in [5, 5.41) is 3.19. The number of benzene rings is 1. The van der Waals surface area contributed by atoms with E-state index in [-0.39, 0.29) is 18.0 Å². The molecule has 1 aromatic rings. The van der Waals surface area contributed by atoms with Gasteiger partial charge in [0.2, 0.25) is 0 Å². The Morgan fingerprint density at radius 3 is 2.87 bits per heavy atom. The summed E-state index contributed by atoms with van der Waals surface area (Å²) in [6, 6.07) is 5.46. The fourth-order valence-electron chi connectivity index (χ4n) is 1.86. The molecule has 0 unspecified atom stereocenters. The van der Waals surface area contributed by atoms with E-state index in [9.17, 15) is 4.39 Å². The van der Waals surface area contributed by atoms with Crippen LogP contribution in [0.3, 0.4) is 0 Å². The van der Waals surface area contributed by atoms with Crippen LogP contribution in [-0.2, 0) is 4.74 Å². The number of hydrogen-bond acceptors (Lipinski definition) is 2. The van der Waals surface area contributed by atoms with Gasteiger partial charge in [-0.3, -0.25) is 0 Å². The highest BCUT2D eigenvalue weighted by Crippen LogP contribution is 2.21. The monoisotopic (exact) mass is 209 g/mol. The van der Waals surface area contributed by atoms with Crippen LogP contribution in [0.5, 0.6) is 0 Å². The summed E-state index contributed by atoms with van der Waals surface area (Å²) < 4.78 is 18.9. The number of ether oxygens (including phenoxy) is 1. The lowest BCUT2D eigenvalue weighted by molar-refractivity contribution is 0.121. The topological polar surface area (TPSA) is 21.3 Å². The number of hydrogen-bond donors (Lipinski definition) is 1. The molecule has 1 aromatic carbocycles. The van der Waals surface area contributed by atoms with E-state index >= 15 is 0 Å². The predicted octanol–water partition coefficient (Wildman–Crippen LogP) is 2.72. The van der Waals surface area contributed by atoms with E-state index in [1.165, 1.54) is 0 Å². The highest BCUT2D eigenvalue weighted by molar-refractivity contribution is 5.47. The smallest absolute Gasteiger partial charge is 0.146 e. The van der Waals surface area contributed by atoms with Gasteiger partial charge in [-0.1, -0.05) is 6.07 Å². The summed E-state index contributed by atoms with van der Waals surface area (Å²) >= 11 is 0. The van der Waals surface area contributed by atoms with Crippen LogP contribution in [0, 0.1) is 12.7 Å². The largest absolute Gasteiger partial charge is 0.377 e. The highest BCUT2D eigenvalue weighted by atomic mass is 19.1. The van der Waals surface area contributed by atoms with Crippen molar-refractivity contribution in [2.24, 2.45) is 0 Å². The molecule has 1 saturated heterocycles. The summed E-state index contributed by atoms with van der Waals surface area (Å²) in [5.41, 5.74) is 1.51. The molecule has 0 aliphatic carbocycles. The second-order valence-electron chi connectivity index (χ2n) is 4.10. The van der Waals surface area contributed by atoms with Gasteiger partial charge in [0.25, 0.3) is 0 Å². The number of aryl methyl sites for hydroxylation is 1. The third-order valence-electron chi connectivity index (χ3n) is 2.84. The molecule has 1 aliphatic rings. The fraction of sp³-hybridized carbons (Fsp3) is 0.500. The number of anilines is 1. The molecule has 2 atom stereocenters. The maximum Gasteiger partial charge on any atom is 0.146 e. The molecular formula is C12H16FNO. The van der Waals surface area contributed by atoms with E-state index < -0.39 is 0 Å². The van der Waals surface area contributed by atoms with Gasteiger partial charge in [-0.15, -0.1) is 0 Å². The molecule has 1 heterocycles. The van der Waals surface area contributed by atoms with Gasteiger partial charge < -0.3 is 10.1 Å². The van der Waals surface area contributed by atoms with Gasteiger partial charge in [0.05, 0.1) is 17.8 Å². The summed E-state index contributed by atoms with van der Waals surface area (Å²) in [7, 11) is 0. The Balaban J connectivity index is 2.10. The minimum absolute atomic E-state index is 0.158. The standard InChI is InChI=1S/C12H16FNO/c1-8-3-4-12(10(13)7-8)14-11-5-6-15-9(11)2/h3-4,7,9,11,14H,5-6H2,1-2H3/t9-,11-/m1/s1. The molecule has 1 N–H and O–H groups in total. The molecule has 0 radical (unpaired) electrons. The van der Waals surface area contributed by atoms with Gasteiger partial charge in [0.15, 0.2) is 0 Å². The van der Waals surface area contributed by atoms with Crippen molar-refractivity contribution in [3.05, 3.63) is 29.6 Å². The minimum Gasteiger partial charge on any atom is -0.377 e. The minimum atomic E-state index is -0.186. The summed E-state index contributed by atoms with van der Waals surface area (Å²) in [5.74, 6) is -0.186. The molecule has 82 valence electrons. The van der Waals surface area contributed by atoms with Crippen LogP contribution in [0.1, 0.15) is 18.9 Å². The van der Waals surface area contributed by atoms with Gasteiger partial charge in [-0.25, -0.2) is 4.39 Å². The summed E-state index contributed by atoms with van der Waals surface area (Å²) in [6.45, 7) is 4.65. The zero-order valence-corrected chi connectivity index (χ0v) is 9.09. The van der Waals surface area contributed by atoms with Crippen molar-refractivity contribution in [3.8, 4) is 0 Å². The number of rotatable bonds is 2. The van der Waals surface area contributed by atoms with Crippen molar-refractivity contribution in [3.63, 3.8) is 0 Å². The van der Waals surface area contributed by atoms with Crippen molar-refractivity contribution in [1.29, 1.82) is 0 Å². The maximum absolute atomic E-state index is 13.5. The molecule has 3 heteroatoms. The van der Waals surface area contributed by atoms with Crippen LogP contribution < -0.4 is 5.32 Å². The first-order valence-electron chi connectivity index (χ1n) is 5.31. The van der Waals surface area contributed by atoms with Crippen LogP contribution in [0.4, 0.5) is 10.1 Å². The zero-order valence-electron chi connectivity index (χ0n) is 9.09. The third-order valence-corrected chi connectivity index (χ3v) is 2.84. The highest BCUT2D eigenvalue weighted by Gasteiger charge is 2.24. The first-order valence-corrected chi connectivity index (χ1v) is 5.31. The maximum atomic E-state index is 13.5. The first kappa shape index (κ1) is 10.4. The van der Waals surface area contributed by atoms with Crippen molar-refractivity contribution in [2.45, 2.75) is 32.4 Å². The molecule has 0 amide bonds. The second kappa shape index (κ2) is 4.19. The van der Waals surface area contributed by atoms with Gasteiger partial charge in [0, 0.05) is 6.61 Å². The van der Waals surface area contributed by atoms with Crippen molar-refractivity contribution in [1.82, 2.24) is 0 Å². The summed E-state index contributed by atoms with van der Waals surface area (Å²) in [6.07, 6.45) is 1.10. The average molecular weight is 209 g/mol. The molecule has 15 heavy (non-hydrogen) atoms. The quantitative estimate of drug-likeness (QED) is 0.808. The van der Waals surface area contributed by atoms with Crippen molar-refractivity contribution >= 4 is 5.69 Å². The Bertz CT molecular complexity index is 353. The van der Waals surface area contributed by atoms with Gasteiger partial charge in [0.1, 0.15) is 5.82 Å². The Morgan fingerprint density at radius 1 is 1.47 bits per heavy atom. The van der Waals surface area contributed by atoms with E-state index in [0.717, 1.165) is 18.6 Å². The lowest BCUT2D eigenvalue weighted by Gasteiger charge is -2.17. The molecular weight excluding hydrogens is 193 g/mol. The van der Waals surface area contributed by atoms with E-state index in [1.54, 1.807) is 12.1 Å². The molecule has 2 nitrogen and oxygen atoms in total. The van der Waals surface area contributed by atoms with E-state index in [4.69, 9.17) is 4.74 Å². The van der Waals surface area contributed by atoms with Crippen LogP contribution in [0.2, 0.25) is 0 Å².